The lowest BCUT2D eigenvalue weighted by molar-refractivity contribution is -0.275. The van der Waals surface area contributed by atoms with E-state index in [1.54, 1.807) is 0 Å². The van der Waals surface area contributed by atoms with Crippen LogP contribution in [0, 0.1) is 34.3 Å². The third kappa shape index (κ3) is 8.06. The fourth-order valence-electron chi connectivity index (χ4n) is 5.23. The molecule has 0 unspecified atom stereocenters. The molecular weight excluding hydrogens is 742 g/mol. The lowest BCUT2D eigenvalue weighted by Gasteiger charge is -2.18. The van der Waals surface area contributed by atoms with Gasteiger partial charge in [-0.2, -0.15) is 10.5 Å². The van der Waals surface area contributed by atoms with Gasteiger partial charge in [0.25, 0.3) is 0 Å². The molecule has 0 radical (unpaired) electrons. The summed E-state index contributed by atoms with van der Waals surface area (Å²) in [5, 5.41) is 19.3. The summed E-state index contributed by atoms with van der Waals surface area (Å²) in [7, 11) is 0. The van der Waals surface area contributed by atoms with E-state index < -0.39 is 105 Å². The number of ether oxygens (including phenoxy) is 4. The zero-order valence-corrected chi connectivity index (χ0v) is 24.6. The van der Waals surface area contributed by atoms with Crippen molar-refractivity contribution in [2.24, 2.45) is 0 Å². The molecule has 0 bridgehead atoms. The van der Waals surface area contributed by atoms with Crippen molar-refractivity contribution in [1.82, 2.24) is 0 Å². The Morgan fingerprint density at radius 3 is 1.06 bits per heavy atom. The summed E-state index contributed by atoms with van der Waals surface area (Å²) in [6.45, 7) is 0. The van der Waals surface area contributed by atoms with E-state index in [2.05, 4.69) is 18.9 Å². The maximum atomic E-state index is 15.2. The summed E-state index contributed by atoms with van der Waals surface area (Å²) in [4.78, 5) is 0. The summed E-state index contributed by atoms with van der Waals surface area (Å²) in [5.74, 6) is -7.92. The molecule has 0 heterocycles. The molecular formula is C32H10F14N2O4. The van der Waals surface area contributed by atoms with Gasteiger partial charge in [0, 0.05) is 40.0 Å². The first-order chi connectivity index (χ1) is 24.0. The van der Waals surface area contributed by atoms with Gasteiger partial charge in [0.15, 0.2) is 0 Å². The standard InChI is InChI=1S/C32H10F14N2O4/c33-24-5-14(49-29(35,36)37)1-3-16(24)20-7-18-19-8-21(17-4-2-15(6-25(17)34)50-30(38,39)40)27(52-32(44,45)46)10-23(19)28(13(11-47)12-48)22(18)9-26(20)51-31(41,42)43/h1-10H. The van der Waals surface area contributed by atoms with Crippen LogP contribution >= 0.6 is 0 Å². The van der Waals surface area contributed by atoms with Crippen LogP contribution in [0.5, 0.6) is 23.0 Å². The van der Waals surface area contributed by atoms with Gasteiger partial charge in [-0.25, -0.2) is 8.78 Å². The Hall–Kier alpha value is -6.18. The van der Waals surface area contributed by atoms with E-state index in [0.717, 1.165) is 12.1 Å². The van der Waals surface area contributed by atoms with E-state index in [4.69, 9.17) is 0 Å². The van der Waals surface area contributed by atoms with Crippen molar-refractivity contribution in [2.45, 2.75) is 25.4 Å². The van der Waals surface area contributed by atoms with Crippen molar-refractivity contribution in [3.63, 3.8) is 0 Å². The minimum absolute atomic E-state index is 0.171. The van der Waals surface area contributed by atoms with E-state index in [9.17, 15) is 63.2 Å². The SMILES string of the molecule is N#CC(C#N)=C1c2cc(OC(F)(F)F)c(-c3ccc(OC(F)(F)F)cc3F)cc2-c2cc(-c3ccc(OC(F)(F)F)cc3F)c(OC(F)(F)F)cc21. The highest BCUT2D eigenvalue weighted by Crippen LogP contribution is 2.54. The smallest absolute Gasteiger partial charge is 0.406 e. The molecule has 20 heteroatoms. The molecule has 5 rings (SSSR count). The number of hydrogen-bond donors (Lipinski definition) is 0. The van der Waals surface area contributed by atoms with Gasteiger partial charge in [0.2, 0.25) is 0 Å². The van der Waals surface area contributed by atoms with Crippen LogP contribution in [0.3, 0.4) is 0 Å². The fourth-order valence-corrected chi connectivity index (χ4v) is 5.23. The Morgan fingerprint density at radius 1 is 0.423 bits per heavy atom. The third-order valence-corrected chi connectivity index (χ3v) is 6.92. The number of halogens is 14. The van der Waals surface area contributed by atoms with Gasteiger partial charge in [-0.15, -0.1) is 52.7 Å². The topological polar surface area (TPSA) is 84.5 Å². The lowest BCUT2D eigenvalue weighted by atomic mass is 9.94. The van der Waals surface area contributed by atoms with Crippen molar-refractivity contribution in [3.05, 3.63) is 89.0 Å². The molecule has 0 aromatic heterocycles. The Labute approximate surface area is 279 Å². The molecule has 4 aromatic rings. The van der Waals surface area contributed by atoms with Crippen LogP contribution in [0.2, 0.25) is 0 Å². The predicted octanol–water partition coefficient (Wildman–Crippen LogP) is 10.7. The second kappa shape index (κ2) is 12.9. The average Bonchev–Trinajstić information content (AvgIpc) is 3.26. The van der Waals surface area contributed by atoms with Crippen LogP contribution in [-0.2, 0) is 0 Å². The summed E-state index contributed by atoms with van der Waals surface area (Å²) >= 11 is 0. The number of alkyl halides is 12. The minimum atomic E-state index is -5.53. The normalized spacial score (nSPS) is 12.7. The second-order valence-corrected chi connectivity index (χ2v) is 10.2. The highest BCUT2D eigenvalue weighted by Gasteiger charge is 2.39. The largest absolute Gasteiger partial charge is 0.573 e. The Kier molecular flexibility index (Phi) is 9.17. The van der Waals surface area contributed by atoms with Gasteiger partial charge in [-0.05, 0) is 70.8 Å². The van der Waals surface area contributed by atoms with Gasteiger partial charge in [-0.3, -0.25) is 0 Å². The van der Waals surface area contributed by atoms with Gasteiger partial charge < -0.3 is 18.9 Å². The molecule has 0 saturated carbocycles. The van der Waals surface area contributed by atoms with Crippen LogP contribution in [-0.4, -0.2) is 25.4 Å². The molecule has 0 spiro atoms. The number of nitrogens with zero attached hydrogens (tertiary/aromatic N) is 2. The first-order valence-corrected chi connectivity index (χ1v) is 13.5. The first kappa shape index (κ1) is 37.1. The number of hydrogen-bond acceptors (Lipinski definition) is 6. The molecule has 1 aliphatic carbocycles. The Morgan fingerprint density at radius 2 is 0.769 bits per heavy atom. The molecule has 6 nitrogen and oxygen atoms in total. The van der Waals surface area contributed by atoms with E-state index >= 15 is 8.78 Å². The average molecular weight is 752 g/mol. The first-order valence-electron chi connectivity index (χ1n) is 13.5. The van der Waals surface area contributed by atoms with E-state index in [1.807, 2.05) is 0 Å². The monoisotopic (exact) mass is 752 g/mol. The lowest BCUT2D eigenvalue weighted by Crippen LogP contribution is -2.18. The molecule has 52 heavy (non-hydrogen) atoms. The molecule has 0 saturated heterocycles. The number of allylic oxidation sites excluding steroid dienone is 1. The van der Waals surface area contributed by atoms with Crippen molar-refractivity contribution in [3.8, 4) is 68.5 Å². The van der Waals surface area contributed by atoms with Crippen molar-refractivity contribution < 1.29 is 80.4 Å². The molecule has 1 aliphatic rings. The second-order valence-electron chi connectivity index (χ2n) is 10.2. The maximum absolute atomic E-state index is 15.2. The van der Waals surface area contributed by atoms with E-state index in [-0.39, 0.29) is 23.3 Å². The van der Waals surface area contributed by atoms with Gasteiger partial charge >= 0.3 is 25.4 Å². The summed E-state index contributed by atoms with van der Waals surface area (Å²) in [6, 6.07) is 7.96. The summed E-state index contributed by atoms with van der Waals surface area (Å²) < 4.78 is 203. The maximum Gasteiger partial charge on any atom is 0.573 e. The van der Waals surface area contributed by atoms with Crippen LogP contribution in [0.4, 0.5) is 61.5 Å². The molecule has 4 aromatic carbocycles. The van der Waals surface area contributed by atoms with Gasteiger partial charge in [0.05, 0.1) is 0 Å². The minimum Gasteiger partial charge on any atom is -0.406 e. The highest BCUT2D eigenvalue weighted by molar-refractivity contribution is 6.07. The van der Waals surface area contributed by atoms with Crippen LogP contribution < -0.4 is 18.9 Å². The number of benzene rings is 4. The molecule has 0 amide bonds. The fraction of sp³-hybridized carbons (Fsp3) is 0.125. The molecule has 0 fully saturated rings. The van der Waals surface area contributed by atoms with E-state index in [0.29, 0.717) is 36.4 Å². The number of nitriles is 2. The Balaban J connectivity index is 1.84. The van der Waals surface area contributed by atoms with Crippen LogP contribution in [0.15, 0.2) is 66.2 Å². The number of rotatable bonds is 6. The molecule has 0 aliphatic heterocycles. The van der Waals surface area contributed by atoms with Crippen molar-refractivity contribution >= 4 is 5.57 Å². The Bertz CT molecular complexity index is 2050. The van der Waals surface area contributed by atoms with Crippen molar-refractivity contribution in [1.29, 1.82) is 10.5 Å². The summed E-state index contributed by atoms with van der Waals surface area (Å²) in [6.07, 6.45) is -21.6. The zero-order chi connectivity index (χ0) is 38.6. The highest BCUT2D eigenvalue weighted by atomic mass is 19.4. The zero-order valence-electron chi connectivity index (χ0n) is 24.6. The van der Waals surface area contributed by atoms with Gasteiger partial charge in [0.1, 0.15) is 52.3 Å². The molecule has 270 valence electrons. The third-order valence-electron chi connectivity index (χ3n) is 6.92. The van der Waals surface area contributed by atoms with E-state index in [1.165, 1.54) is 12.1 Å². The van der Waals surface area contributed by atoms with Crippen LogP contribution in [0.25, 0.3) is 39.0 Å². The summed E-state index contributed by atoms with van der Waals surface area (Å²) in [5.41, 5.74) is -6.53. The number of fused-ring (bicyclic) bond motifs is 3. The predicted molar refractivity (Wildman–Crippen MR) is 147 cm³/mol. The molecule has 0 atom stereocenters. The van der Waals surface area contributed by atoms with Crippen molar-refractivity contribution in [2.75, 3.05) is 0 Å². The molecule has 0 N–H and O–H groups in total. The quantitative estimate of drug-likeness (QED) is 0.127. The van der Waals surface area contributed by atoms with Gasteiger partial charge in [-0.1, -0.05) is 0 Å². The van der Waals surface area contributed by atoms with Crippen LogP contribution in [0.1, 0.15) is 11.1 Å².